The SMILES string of the molecule is CCOc1ccc(N2C(=O)C(=O)/C(=C(/O)c3ccc(Cl)c(Cl)c3)C2c2ccccc2)cc1OCC. The van der Waals surface area contributed by atoms with Crippen LogP contribution in [0.4, 0.5) is 5.69 Å². The number of rotatable bonds is 7. The van der Waals surface area contributed by atoms with Crippen molar-refractivity contribution in [2.75, 3.05) is 18.1 Å². The molecule has 6 nitrogen and oxygen atoms in total. The zero-order valence-electron chi connectivity index (χ0n) is 19.1. The quantitative estimate of drug-likeness (QED) is 0.225. The Morgan fingerprint density at radius 1 is 0.886 bits per heavy atom. The van der Waals surface area contributed by atoms with Crippen molar-refractivity contribution in [3.05, 3.63) is 93.5 Å². The van der Waals surface area contributed by atoms with Gasteiger partial charge in [-0.05, 0) is 49.7 Å². The van der Waals surface area contributed by atoms with Crippen molar-refractivity contribution in [2.24, 2.45) is 0 Å². The zero-order valence-corrected chi connectivity index (χ0v) is 20.6. The molecule has 0 saturated carbocycles. The van der Waals surface area contributed by atoms with E-state index in [4.69, 9.17) is 32.7 Å². The summed E-state index contributed by atoms with van der Waals surface area (Å²) in [4.78, 5) is 28.0. The van der Waals surface area contributed by atoms with Gasteiger partial charge in [0, 0.05) is 17.3 Å². The van der Waals surface area contributed by atoms with E-state index in [-0.39, 0.29) is 21.9 Å². The Hall–Kier alpha value is -3.48. The molecule has 4 rings (SSSR count). The number of aliphatic hydroxyl groups is 1. The molecule has 1 saturated heterocycles. The average molecular weight is 512 g/mol. The van der Waals surface area contributed by atoms with Crippen molar-refractivity contribution >= 4 is 46.3 Å². The van der Waals surface area contributed by atoms with Crippen molar-refractivity contribution in [1.29, 1.82) is 0 Å². The first-order valence-corrected chi connectivity index (χ1v) is 11.8. The highest BCUT2D eigenvalue weighted by Crippen LogP contribution is 2.44. The molecule has 1 aliphatic rings. The van der Waals surface area contributed by atoms with Gasteiger partial charge >= 0.3 is 0 Å². The Bertz CT molecular complexity index is 1310. The van der Waals surface area contributed by atoms with E-state index >= 15 is 0 Å². The van der Waals surface area contributed by atoms with Crippen LogP contribution in [0, 0.1) is 0 Å². The van der Waals surface area contributed by atoms with Crippen LogP contribution >= 0.6 is 23.2 Å². The lowest BCUT2D eigenvalue weighted by Gasteiger charge is -2.26. The molecule has 8 heteroatoms. The van der Waals surface area contributed by atoms with Crippen molar-refractivity contribution in [3.63, 3.8) is 0 Å². The van der Waals surface area contributed by atoms with Crippen LogP contribution in [-0.4, -0.2) is 30.0 Å². The molecular formula is C27H23Cl2NO5. The number of amides is 1. The minimum Gasteiger partial charge on any atom is -0.507 e. The summed E-state index contributed by atoms with van der Waals surface area (Å²) in [6.45, 7) is 4.54. The third kappa shape index (κ3) is 4.72. The lowest BCUT2D eigenvalue weighted by atomic mass is 9.95. The highest BCUT2D eigenvalue weighted by Gasteiger charge is 2.47. The molecule has 3 aromatic carbocycles. The van der Waals surface area contributed by atoms with Crippen LogP contribution in [0.2, 0.25) is 10.0 Å². The number of carbonyl (C=O) groups excluding carboxylic acids is 2. The molecule has 1 N–H and O–H groups in total. The summed E-state index contributed by atoms with van der Waals surface area (Å²) in [7, 11) is 0. The third-order valence-electron chi connectivity index (χ3n) is 5.56. The van der Waals surface area contributed by atoms with E-state index in [2.05, 4.69) is 0 Å². The number of nitrogens with zero attached hydrogens (tertiary/aromatic N) is 1. The number of anilines is 1. The van der Waals surface area contributed by atoms with Crippen LogP contribution in [0.15, 0.2) is 72.3 Å². The van der Waals surface area contributed by atoms with Crippen LogP contribution in [0.3, 0.4) is 0 Å². The smallest absolute Gasteiger partial charge is 0.300 e. The Morgan fingerprint density at radius 3 is 2.23 bits per heavy atom. The van der Waals surface area contributed by atoms with Crippen LogP contribution in [0.25, 0.3) is 5.76 Å². The zero-order chi connectivity index (χ0) is 25.1. The second kappa shape index (κ2) is 10.4. The van der Waals surface area contributed by atoms with E-state index in [1.165, 1.54) is 17.0 Å². The first kappa shape index (κ1) is 24.6. The largest absolute Gasteiger partial charge is 0.507 e. The molecule has 1 heterocycles. The molecule has 35 heavy (non-hydrogen) atoms. The van der Waals surface area contributed by atoms with E-state index in [1.807, 2.05) is 19.9 Å². The summed E-state index contributed by atoms with van der Waals surface area (Å²) in [6.07, 6.45) is 0. The molecule has 0 radical (unpaired) electrons. The molecule has 1 aliphatic heterocycles. The molecule has 180 valence electrons. The van der Waals surface area contributed by atoms with Gasteiger partial charge in [0.05, 0.1) is 34.9 Å². The fraction of sp³-hybridized carbons (Fsp3) is 0.185. The Balaban J connectivity index is 1.91. The normalized spacial score (nSPS) is 17.0. The summed E-state index contributed by atoms with van der Waals surface area (Å²) in [6, 6.07) is 17.7. The van der Waals surface area contributed by atoms with Gasteiger partial charge in [0.25, 0.3) is 11.7 Å². The fourth-order valence-corrected chi connectivity index (χ4v) is 4.34. The minimum absolute atomic E-state index is 0.0496. The molecule has 3 aromatic rings. The van der Waals surface area contributed by atoms with Gasteiger partial charge in [-0.15, -0.1) is 0 Å². The first-order valence-electron chi connectivity index (χ1n) is 11.1. The molecular weight excluding hydrogens is 489 g/mol. The Labute approximate surface area is 213 Å². The van der Waals surface area contributed by atoms with Gasteiger partial charge in [-0.1, -0.05) is 53.5 Å². The number of halogens is 2. The minimum atomic E-state index is -0.877. The number of ether oxygens (including phenoxy) is 2. The summed E-state index contributed by atoms with van der Waals surface area (Å²) >= 11 is 12.2. The number of ketones is 1. The molecule has 0 aliphatic carbocycles. The van der Waals surface area contributed by atoms with E-state index in [0.29, 0.717) is 41.0 Å². The van der Waals surface area contributed by atoms with Crippen LogP contribution in [0.1, 0.15) is 31.0 Å². The number of hydrogen-bond donors (Lipinski definition) is 1. The lowest BCUT2D eigenvalue weighted by molar-refractivity contribution is -0.132. The van der Waals surface area contributed by atoms with Gasteiger partial charge in [-0.3, -0.25) is 14.5 Å². The van der Waals surface area contributed by atoms with Crippen molar-refractivity contribution in [3.8, 4) is 11.5 Å². The van der Waals surface area contributed by atoms with Gasteiger partial charge in [-0.25, -0.2) is 0 Å². The summed E-state index contributed by atoms with van der Waals surface area (Å²) in [5, 5.41) is 11.7. The van der Waals surface area contributed by atoms with Gasteiger partial charge < -0.3 is 14.6 Å². The number of carbonyl (C=O) groups is 2. The maximum Gasteiger partial charge on any atom is 0.300 e. The number of aliphatic hydroxyl groups excluding tert-OH is 1. The monoisotopic (exact) mass is 511 g/mol. The molecule has 1 unspecified atom stereocenters. The maximum atomic E-state index is 13.3. The van der Waals surface area contributed by atoms with Crippen LogP contribution < -0.4 is 14.4 Å². The van der Waals surface area contributed by atoms with Crippen LogP contribution in [-0.2, 0) is 9.59 Å². The van der Waals surface area contributed by atoms with Gasteiger partial charge in [-0.2, -0.15) is 0 Å². The first-order chi connectivity index (χ1) is 16.9. The third-order valence-corrected chi connectivity index (χ3v) is 6.30. The van der Waals surface area contributed by atoms with Gasteiger partial charge in [0.1, 0.15) is 5.76 Å². The Morgan fingerprint density at radius 2 is 1.57 bits per heavy atom. The summed E-state index contributed by atoms with van der Waals surface area (Å²) in [5.41, 5.74) is 1.31. The van der Waals surface area contributed by atoms with Gasteiger partial charge in [0.15, 0.2) is 11.5 Å². The molecule has 1 fully saturated rings. The van der Waals surface area contributed by atoms with Crippen molar-refractivity contribution < 1.29 is 24.2 Å². The Kier molecular flexibility index (Phi) is 7.34. The molecule has 1 atom stereocenters. The van der Waals surface area contributed by atoms with Gasteiger partial charge in [0.2, 0.25) is 0 Å². The highest BCUT2D eigenvalue weighted by molar-refractivity contribution is 6.51. The van der Waals surface area contributed by atoms with E-state index in [1.54, 1.807) is 48.5 Å². The predicted octanol–water partition coefficient (Wildman–Crippen LogP) is 6.42. The topological polar surface area (TPSA) is 76.1 Å². The second-order valence-corrected chi connectivity index (χ2v) is 8.52. The van der Waals surface area contributed by atoms with E-state index < -0.39 is 17.7 Å². The van der Waals surface area contributed by atoms with E-state index in [0.717, 1.165) is 0 Å². The maximum absolute atomic E-state index is 13.3. The van der Waals surface area contributed by atoms with Crippen molar-refractivity contribution in [1.82, 2.24) is 0 Å². The molecule has 0 bridgehead atoms. The molecule has 0 aromatic heterocycles. The summed E-state index contributed by atoms with van der Waals surface area (Å²) in [5.74, 6) is -0.942. The number of benzene rings is 3. The number of Topliss-reactive ketones (excluding diaryl/α,β-unsaturated/α-hetero) is 1. The predicted molar refractivity (Wildman–Crippen MR) is 136 cm³/mol. The standard InChI is InChI=1S/C27H23Cl2NO5/c1-3-34-21-13-11-18(15-22(21)35-4-2)30-24(16-8-6-5-7-9-16)23(26(32)27(30)33)25(31)17-10-12-19(28)20(29)14-17/h5-15,24,31H,3-4H2,1-2H3/b25-23+. The molecule has 0 spiro atoms. The fourth-order valence-electron chi connectivity index (χ4n) is 4.04. The second-order valence-electron chi connectivity index (χ2n) is 7.71. The number of hydrogen-bond acceptors (Lipinski definition) is 5. The summed E-state index contributed by atoms with van der Waals surface area (Å²) < 4.78 is 11.4. The molecule has 1 amide bonds. The van der Waals surface area contributed by atoms with Crippen molar-refractivity contribution in [2.45, 2.75) is 19.9 Å². The lowest BCUT2D eigenvalue weighted by Crippen LogP contribution is -2.29. The average Bonchev–Trinajstić information content (AvgIpc) is 3.12. The van der Waals surface area contributed by atoms with Crippen LogP contribution in [0.5, 0.6) is 11.5 Å². The highest BCUT2D eigenvalue weighted by atomic mass is 35.5. The van der Waals surface area contributed by atoms with E-state index in [9.17, 15) is 14.7 Å².